The van der Waals surface area contributed by atoms with Crippen LogP contribution in [-0.4, -0.2) is 59.8 Å². The summed E-state index contributed by atoms with van der Waals surface area (Å²) in [4.78, 5) is 18.3. The third-order valence-electron chi connectivity index (χ3n) is 5.09. The Labute approximate surface area is 156 Å². The molecule has 2 heterocycles. The quantitative estimate of drug-likeness (QED) is 0.589. The lowest BCUT2D eigenvalue weighted by Gasteiger charge is -2.30. The highest BCUT2D eigenvalue weighted by atomic mass is 16.5. The maximum Gasteiger partial charge on any atom is 0.320 e. The molecule has 2 rings (SSSR count). The number of aliphatic carboxylic acids is 1. The highest BCUT2D eigenvalue weighted by Gasteiger charge is 2.24. The zero-order valence-electron chi connectivity index (χ0n) is 16.3. The molecule has 6 heteroatoms. The van der Waals surface area contributed by atoms with Gasteiger partial charge in [-0.15, -0.1) is 0 Å². The lowest BCUT2D eigenvalue weighted by atomic mass is 10.1. The molecule has 0 amide bonds. The molecule has 0 radical (unpaired) electrons. The third kappa shape index (κ3) is 5.95. The van der Waals surface area contributed by atoms with Crippen molar-refractivity contribution < 1.29 is 14.6 Å². The monoisotopic (exact) mass is 363 g/mol. The first kappa shape index (κ1) is 20.6. The van der Waals surface area contributed by atoms with Crippen LogP contribution in [0.5, 0.6) is 0 Å². The fraction of sp³-hybridized carbons (Fsp3) is 0.700. The van der Waals surface area contributed by atoms with E-state index in [9.17, 15) is 9.90 Å². The number of rotatable bonds is 11. The summed E-state index contributed by atoms with van der Waals surface area (Å²) in [5.74, 6) is 0.291. The Morgan fingerprint density at radius 3 is 2.92 bits per heavy atom. The van der Waals surface area contributed by atoms with Crippen molar-refractivity contribution in [2.24, 2.45) is 0 Å². The zero-order chi connectivity index (χ0) is 18.9. The number of anilines is 1. The average molecular weight is 364 g/mol. The van der Waals surface area contributed by atoms with Crippen LogP contribution < -0.4 is 5.32 Å². The van der Waals surface area contributed by atoms with Gasteiger partial charge in [-0.25, -0.2) is 4.98 Å². The summed E-state index contributed by atoms with van der Waals surface area (Å²) in [5, 5.41) is 12.9. The molecule has 0 saturated heterocycles. The van der Waals surface area contributed by atoms with Crippen LogP contribution in [0.3, 0.4) is 0 Å². The summed E-state index contributed by atoms with van der Waals surface area (Å²) in [5.41, 5.74) is 2.42. The molecule has 2 atom stereocenters. The molecule has 0 saturated carbocycles. The molecule has 26 heavy (non-hydrogen) atoms. The average Bonchev–Trinajstić information content (AvgIpc) is 2.64. The second kappa shape index (κ2) is 10.5. The molecular weight excluding hydrogens is 330 g/mol. The van der Waals surface area contributed by atoms with Gasteiger partial charge in [-0.1, -0.05) is 13.0 Å². The summed E-state index contributed by atoms with van der Waals surface area (Å²) >= 11 is 0. The minimum Gasteiger partial charge on any atom is -0.480 e. The number of nitrogens with zero attached hydrogens (tertiary/aromatic N) is 2. The Hall–Kier alpha value is -1.66. The van der Waals surface area contributed by atoms with Gasteiger partial charge < -0.3 is 15.2 Å². The first-order valence-corrected chi connectivity index (χ1v) is 9.77. The molecule has 0 spiro atoms. The van der Waals surface area contributed by atoms with Crippen LogP contribution in [0.2, 0.25) is 0 Å². The van der Waals surface area contributed by atoms with Gasteiger partial charge in [0, 0.05) is 25.9 Å². The van der Waals surface area contributed by atoms with Gasteiger partial charge in [0.1, 0.15) is 11.9 Å². The van der Waals surface area contributed by atoms with E-state index in [2.05, 4.69) is 17.4 Å². The fourth-order valence-electron chi connectivity index (χ4n) is 3.50. The Morgan fingerprint density at radius 1 is 1.42 bits per heavy atom. The molecule has 1 aliphatic heterocycles. The lowest BCUT2D eigenvalue weighted by Crippen LogP contribution is -2.45. The number of ether oxygens (including phenoxy) is 1. The third-order valence-corrected chi connectivity index (χ3v) is 5.09. The molecular formula is C20H33N3O3. The molecule has 2 N–H and O–H groups in total. The van der Waals surface area contributed by atoms with E-state index in [1.54, 1.807) is 7.11 Å². The summed E-state index contributed by atoms with van der Waals surface area (Å²) < 4.78 is 5.33. The standard InChI is InChI=1S/C20H33N3O3/c1-4-18(20(24)25)23(14-15(2)26-3)13-6-5-9-17-11-10-16-8-7-12-21-19(16)22-17/h10-11,15,18H,4-9,12-14H2,1-3H3,(H,21,22)(H,24,25)/t15-,18?/m1/s1. The van der Waals surface area contributed by atoms with Crippen molar-refractivity contribution in [2.75, 3.05) is 32.1 Å². The van der Waals surface area contributed by atoms with E-state index < -0.39 is 12.0 Å². The van der Waals surface area contributed by atoms with Gasteiger partial charge in [0.05, 0.1) is 6.10 Å². The number of fused-ring (bicyclic) bond motifs is 1. The number of hydrogen-bond donors (Lipinski definition) is 2. The fourth-order valence-corrected chi connectivity index (χ4v) is 3.50. The first-order valence-electron chi connectivity index (χ1n) is 9.77. The topological polar surface area (TPSA) is 74.7 Å². The summed E-state index contributed by atoms with van der Waals surface area (Å²) in [6.07, 6.45) is 5.78. The Bertz CT molecular complexity index is 579. The van der Waals surface area contributed by atoms with E-state index in [0.29, 0.717) is 13.0 Å². The second-order valence-corrected chi connectivity index (χ2v) is 7.10. The molecule has 1 aromatic heterocycles. The van der Waals surface area contributed by atoms with Crippen LogP contribution in [0.25, 0.3) is 0 Å². The van der Waals surface area contributed by atoms with E-state index in [0.717, 1.165) is 50.3 Å². The Balaban J connectivity index is 1.85. The van der Waals surface area contributed by atoms with Crippen molar-refractivity contribution in [1.29, 1.82) is 0 Å². The molecule has 1 aliphatic rings. The molecule has 6 nitrogen and oxygen atoms in total. The van der Waals surface area contributed by atoms with E-state index >= 15 is 0 Å². The number of carboxylic acids is 1. The van der Waals surface area contributed by atoms with Crippen molar-refractivity contribution in [3.8, 4) is 0 Å². The van der Waals surface area contributed by atoms with Gasteiger partial charge >= 0.3 is 5.97 Å². The highest BCUT2D eigenvalue weighted by molar-refractivity contribution is 5.73. The molecule has 0 aromatic carbocycles. The van der Waals surface area contributed by atoms with Crippen LogP contribution in [0.15, 0.2) is 12.1 Å². The molecule has 1 unspecified atom stereocenters. The maximum atomic E-state index is 11.5. The van der Waals surface area contributed by atoms with Gasteiger partial charge in [0.15, 0.2) is 0 Å². The van der Waals surface area contributed by atoms with Crippen molar-refractivity contribution in [1.82, 2.24) is 9.88 Å². The van der Waals surface area contributed by atoms with E-state index in [-0.39, 0.29) is 6.10 Å². The van der Waals surface area contributed by atoms with Crippen molar-refractivity contribution in [2.45, 2.75) is 64.5 Å². The molecule has 1 aromatic rings. The van der Waals surface area contributed by atoms with E-state index in [1.807, 2.05) is 18.7 Å². The number of pyridine rings is 1. The summed E-state index contributed by atoms with van der Waals surface area (Å²) in [6, 6.07) is 3.87. The number of aryl methyl sites for hydroxylation is 2. The van der Waals surface area contributed by atoms with E-state index in [1.165, 1.54) is 12.0 Å². The minimum atomic E-state index is -0.752. The van der Waals surface area contributed by atoms with Gasteiger partial charge in [0.2, 0.25) is 0 Å². The van der Waals surface area contributed by atoms with Crippen molar-refractivity contribution >= 4 is 11.8 Å². The number of carboxylic acid groups (broad SMARTS) is 1. The van der Waals surface area contributed by atoms with E-state index in [4.69, 9.17) is 9.72 Å². The Morgan fingerprint density at radius 2 is 2.23 bits per heavy atom. The normalized spacial score (nSPS) is 16.0. The zero-order valence-corrected chi connectivity index (χ0v) is 16.3. The first-order chi connectivity index (χ1) is 12.5. The number of carbonyl (C=O) groups is 1. The van der Waals surface area contributed by atoms with Gasteiger partial charge in [-0.05, 0) is 63.6 Å². The molecule has 0 bridgehead atoms. The number of unbranched alkanes of at least 4 members (excludes halogenated alkanes) is 1. The molecule has 146 valence electrons. The second-order valence-electron chi connectivity index (χ2n) is 7.10. The Kier molecular flexibility index (Phi) is 8.32. The van der Waals surface area contributed by atoms with Gasteiger partial charge in [-0.2, -0.15) is 0 Å². The molecule has 0 aliphatic carbocycles. The van der Waals surface area contributed by atoms with Crippen LogP contribution in [-0.2, 0) is 22.4 Å². The number of aromatic nitrogens is 1. The molecule has 0 fully saturated rings. The summed E-state index contributed by atoms with van der Waals surface area (Å²) in [6.45, 7) is 6.31. The highest BCUT2D eigenvalue weighted by Crippen LogP contribution is 2.20. The van der Waals surface area contributed by atoms with Gasteiger partial charge in [0.25, 0.3) is 0 Å². The number of nitrogens with one attached hydrogen (secondary N) is 1. The van der Waals surface area contributed by atoms with Crippen LogP contribution in [0, 0.1) is 0 Å². The summed E-state index contributed by atoms with van der Waals surface area (Å²) in [7, 11) is 1.67. The van der Waals surface area contributed by atoms with Crippen LogP contribution in [0.4, 0.5) is 5.82 Å². The minimum absolute atomic E-state index is 0.0248. The smallest absolute Gasteiger partial charge is 0.320 e. The number of methoxy groups -OCH3 is 1. The van der Waals surface area contributed by atoms with Crippen LogP contribution in [0.1, 0.15) is 50.8 Å². The van der Waals surface area contributed by atoms with Crippen LogP contribution >= 0.6 is 0 Å². The SMILES string of the molecule is CCC(C(=O)O)N(CCCCc1ccc2c(n1)NCCC2)C[C@@H](C)OC. The van der Waals surface area contributed by atoms with Gasteiger partial charge in [-0.3, -0.25) is 9.69 Å². The van der Waals surface area contributed by atoms with Crippen molar-refractivity contribution in [3.05, 3.63) is 23.4 Å². The largest absolute Gasteiger partial charge is 0.480 e. The van der Waals surface area contributed by atoms with Crippen molar-refractivity contribution in [3.63, 3.8) is 0 Å². The lowest BCUT2D eigenvalue weighted by molar-refractivity contribution is -0.144. The maximum absolute atomic E-state index is 11.5. The predicted molar refractivity (Wildman–Crippen MR) is 104 cm³/mol. The number of hydrogen-bond acceptors (Lipinski definition) is 5. The predicted octanol–water partition coefficient (Wildman–Crippen LogP) is 2.96.